The fourth-order valence-electron chi connectivity index (χ4n) is 1.67. The topological polar surface area (TPSA) is 65.0 Å². The Bertz CT molecular complexity index is 377. The summed E-state index contributed by atoms with van der Waals surface area (Å²) in [4.78, 5) is 17.2. The maximum absolute atomic E-state index is 11.9. The van der Waals surface area contributed by atoms with Crippen LogP contribution in [0.15, 0.2) is 4.40 Å². The lowest BCUT2D eigenvalue weighted by Gasteiger charge is -2.30. The number of hydrogen-bond donors (Lipinski definition) is 0. The van der Waals surface area contributed by atoms with Gasteiger partial charge >= 0.3 is 5.97 Å². The molecule has 122 valence electrons. The van der Waals surface area contributed by atoms with Gasteiger partial charge in [0, 0.05) is 19.0 Å². The predicted octanol–water partition coefficient (Wildman–Crippen LogP) is 2.74. The molecular formula is C15H28N2O3S. The van der Waals surface area contributed by atoms with E-state index >= 15 is 0 Å². The molecule has 5 nitrogen and oxygen atoms in total. The van der Waals surface area contributed by atoms with Gasteiger partial charge in [-0.1, -0.05) is 4.40 Å². The van der Waals surface area contributed by atoms with Gasteiger partial charge in [0.05, 0.1) is 11.6 Å². The maximum Gasteiger partial charge on any atom is 0.330 e. The Kier molecular flexibility index (Phi) is 6.25. The summed E-state index contributed by atoms with van der Waals surface area (Å²) in [5.41, 5.74) is -0.484. The Morgan fingerprint density at radius 1 is 1.24 bits per heavy atom. The quantitative estimate of drug-likeness (QED) is 0.593. The Balaban J connectivity index is 2.39. The smallest absolute Gasteiger partial charge is 0.330 e. The Morgan fingerprint density at radius 2 is 1.76 bits per heavy atom. The minimum atomic E-state index is -1.20. The molecule has 0 bridgehead atoms. The molecule has 0 aliphatic carbocycles. The normalized spacial score (nSPS) is 20.7. The molecule has 6 heteroatoms. The monoisotopic (exact) mass is 316 g/mol. The van der Waals surface area contributed by atoms with E-state index in [0.29, 0.717) is 19.0 Å². The van der Waals surface area contributed by atoms with E-state index in [-0.39, 0.29) is 10.7 Å². The molecule has 0 aromatic rings. The second-order valence-corrected chi connectivity index (χ2v) is 9.45. The average Bonchev–Trinajstić information content (AvgIpc) is 2.35. The van der Waals surface area contributed by atoms with Gasteiger partial charge in [-0.2, -0.15) is 0 Å². The highest BCUT2D eigenvalue weighted by molar-refractivity contribution is 7.91. The van der Waals surface area contributed by atoms with Gasteiger partial charge in [0.1, 0.15) is 16.1 Å². The van der Waals surface area contributed by atoms with Crippen LogP contribution in [0, 0.1) is 11.3 Å². The maximum atomic E-state index is 11.9. The molecule has 1 rings (SSSR count). The van der Waals surface area contributed by atoms with Crippen molar-refractivity contribution in [2.75, 3.05) is 13.1 Å². The first-order chi connectivity index (χ1) is 9.50. The average molecular weight is 316 g/mol. The van der Waals surface area contributed by atoms with E-state index < -0.39 is 16.8 Å². The van der Waals surface area contributed by atoms with Crippen LogP contribution in [0.1, 0.15) is 54.4 Å². The standard InChI is InChI=1S/C15H28N2O3S/c1-14(2,3)13(18)20-17-9-7-12(8-10-17)11-16-21(19)15(4,5)6/h11-12H,7-10H2,1-6H3/b16-11+. The van der Waals surface area contributed by atoms with E-state index in [4.69, 9.17) is 4.84 Å². The Labute approximate surface area is 131 Å². The Morgan fingerprint density at radius 3 is 2.19 bits per heavy atom. The number of carbonyl (C=O) groups excluding carboxylic acids is 1. The first kappa shape index (κ1) is 18.5. The van der Waals surface area contributed by atoms with E-state index in [1.807, 2.05) is 47.8 Å². The van der Waals surface area contributed by atoms with E-state index in [9.17, 15) is 9.35 Å². The molecule has 1 atom stereocenters. The summed E-state index contributed by atoms with van der Waals surface area (Å²) < 4.78 is 15.7. The second kappa shape index (κ2) is 7.11. The van der Waals surface area contributed by atoms with Crippen molar-refractivity contribution < 1.29 is 14.2 Å². The van der Waals surface area contributed by atoms with Crippen LogP contribution in [-0.2, 0) is 21.0 Å². The summed E-state index contributed by atoms with van der Waals surface area (Å²) >= 11 is -1.20. The van der Waals surface area contributed by atoms with Crippen LogP contribution in [0.3, 0.4) is 0 Å². The predicted molar refractivity (Wildman–Crippen MR) is 86.2 cm³/mol. The lowest BCUT2D eigenvalue weighted by Crippen LogP contribution is -2.39. The highest BCUT2D eigenvalue weighted by atomic mass is 32.2. The van der Waals surface area contributed by atoms with Gasteiger partial charge < -0.3 is 9.39 Å². The summed E-state index contributed by atoms with van der Waals surface area (Å²) in [6, 6.07) is 0. The first-order valence-corrected chi connectivity index (χ1v) is 8.54. The molecule has 0 N–H and O–H groups in total. The third-order valence-corrected chi connectivity index (χ3v) is 4.58. The van der Waals surface area contributed by atoms with Crippen molar-refractivity contribution in [1.82, 2.24) is 5.06 Å². The SMILES string of the molecule is CC(C)(C)C(=O)ON1CCC(/C=N/[S+]([O-])C(C)(C)C)CC1. The summed E-state index contributed by atoms with van der Waals surface area (Å²) in [6.45, 7) is 12.7. The van der Waals surface area contributed by atoms with Crippen LogP contribution in [0.4, 0.5) is 0 Å². The highest BCUT2D eigenvalue weighted by Gasteiger charge is 2.29. The van der Waals surface area contributed by atoms with E-state index in [1.54, 1.807) is 5.06 Å². The zero-order valence-electron chi connectivity index (χ0n) is 14.0. The lowest BCUT2D eigenvalue weighted by atomic mass is 9.97. The van der Waals surface area contributed by atoms with Gasteiger partial charge in [0.2, 0.25) is 0 Å². The van der Waals surface area contributed by atoms with Crippen LogP contribution in [0.2, 0.25) is 0 Å². The summed E-state index contributed by atoms with van der Waals surface area (Å²) in [6.07, 6.45) is 3.54. The molecule has 0 radical (unpaired) electrons. The Hall–Kier alpha value is -0.590. The van der Waals surface area contributed by atoms with Crippen LogP contribution in [-0.4, -0.2) is 39.6 Å². The van der Waals surface area contributed by atoms with Gasteiger partial charge in [-0.15, -0.1) is 5.06 Å². The summed E-state index contributed by atoms with van der Waals surface area (Å²) in [7, 11) is 0. The second-order valence-electron chi connectivity index (χ2n) is 7.51. The molecule has 1 heterocycles. The fourth-order valence-corrected chi connectivity index (χ4v) is 2.27. The highest BCUT2D eigenvalue weighted by Crippen LogP contribution is 2.22. The van der Waals surface area contributed by atoms with Crippen molar-refractivity contribution in [2.45, 2.75) is 59.1 Å². The molecule has 1 unspecified atom stereocenters. The van der Waals surface area contributed by atoms with Crippen molar-refractivity contribution in [2.24, 2.45) is 15.7 Å². The number of nitrogens with zero attached hydrogens (tertiary/aromatic N) is 2. The van der Waals surface area contributed by atoms with Crippen molar-refractivity contribution in [1.29, 1.82) is 0 Å². The minimum absolute atomic E-state index is 0.205. The van der Waals surface area contributed by atoms with Crippen molar-refractivity contribution >= 4 is 23.5 Å². The molecule has 0 aromatic carbocycles. The van der Waals surface area contributed by atoms with E-state index in [0.717, 1.165) is 12.8 Å². The fraction of sp³-hybridized carbons (Fsp3) is 0.867. The molecule has 0 saturated carbocycles. The third-order valence-electron chi connectivity index (χ3n) is 3.21. The van der Waals surface area contributed by atoms with Gasteiger partial charge in [-0.25, -0.2) is 4.79 Å². The van der Waals surface area contributed by atoms with Crippen LogP contribution in [0.5, 0.6) is 0 Å². The minimum Gasteiger partial charge on any atom is -0.591 e. The van der Waals surface area contributed by atoms with Crippen LogP contribution < -0.4 is 0 Å². The van der Waals surface area contributed by atoms with Crippen molar-refractivity contribution in [3.63, 3.8) is 0 Å². The summed E-state index contributed by atoms with van der Waals surface area (Å²) in [5.74, 6) is 0.101. The van der Waals surface area contributed by atoms with Gasteiger partial charge in [0.15, 0.2) is 0 Å². The largest absolute Gasteiger partial charge is 0.591 e. The van der Waals surface area contributed by atoms with Crippen molar-refractivity contribution in [3.8, 4) is 0 Å². The first-order valence-electron chi connectivity index (χ1n) is 7.43. The molecule has 1 saturated heterocycles. The molecule has 0 aromatic heterocycles. The molecule has 0 spiro atoms. The number of carbonyl (C=O) groups is 1. The number of hydroxylamine groups is 2. The van der Waals surface area contributed by atoms with Gasteiger partial charge in [-0.3, -0.25) is 0 Å². The van der Waals surface area contributed by atoms with Crippen LogP contribution in [0.25, 0.3) is 0 Å². The molecule has 1 fully saturated rings. The number of piperidine rings is 1. The van der Waals surface area contributed by atoms with E-state index in [1.165, 1.54) is 0 Å². The molecule has 21 heavy (non-hydrogen) atoms. The molecule has 1 aliphatic heterocycles. The molecule has 0 amide bonds. The summed E-state index contributed by atoms with van der Waals surface area (Å²) in [5, 5.41) is 1.72. The molecular weight excluding hydrogens is 288 g/mol. The van der Waals surface area contributed by atoms with Crippen molar-refractivity contribution in [3.05, 3.63) is 0 Å². The zero-order valence-corrected chi connectivity index (χ0v) is 14.8. The van der Waals surface area contributed by atoms with Crippen LogP contribution >= 0.6 is 0 Å². The van der Waals surface area contributed by atoms with Gasteiger partial charge in [0.25, 0.3) is 0 Å². The number of hydrogen-bond acceptors (Lipinski definition) is 5. The lowest BCUT2D eigenvalue weighted by molar-refractivity contribution is -0.204. The molecule has 1 aliphatic rings. The van der Waals surface area contributed by atoms with Gasteiger partial charge in [-0.05, 0) is 54.4 Å². The third kappa shape index (κ3) is 6.36. The number of rotatable bonds is 3. The van der Waals surface area contributed by atoms with E-state index in [2.05, 4.69) is 4.40 Å². The zero-order chi connectivity index (χ0) is 16.3.